The van der Waals surface area contributed by atoms with Crippen LogP contribution in [-0.2, 0) is 9.84 Å². The number of hydrogen-bond donors (Lipinski definition) is 2. The zero-order valence-electron chi connectivity index (χ0n) is 18.6. The van der Waals surface area contributed by atoms with Gasteiger partial charge in [0.1, 0.15) is 11.6 Å². The highest BCUT2D eigenvalue weighted by Crippen LogP contribution is 2.31. The van der Waals surface area contributed by atoms with Crippen LogP contribution in [0.15, 0.2) is 53.6 Å². The summed E-state index contributed by atoms with van der Waals surface area (Å²) in [6.45, 7) is 1.91. The molecule has 0 saturated heterocycles. The molecule has 1 heterocycles. The van der Waals surface area contributed by atoms with Gasteiger partial charge in [-0.05, 0) is 56.2 Å². The molecule has 0 spiro atoms. The maximum absolute atomic E-state index is 12.9. The van der Waals surface area contributed by atoms with Gasteiger partial charge in [0, 0.05) is 29.2 Å². The maximum atomic E-state index is 12.9. The van der Waals surface area contributed by atoms with Crippen LogP contribution in [0.4, 0.5) is 23.1 Å². The third kappa shape index (κ3) is 5.39. The van der Waals surface area contributed by atoms with Gasteiger partial charge in [0.15, 0.2) is 9.84 Å². The van der Waals surface area contributed by atoms with Gasteiger partial charge in [0.2, 0.25) is 5.95 Å². The lowest BCUT2D eigenvalue weighted by Crippen LogP contribution is -2.24. The average molecular weight is 487 g/mol. The molecule has 0 amide bonds. The Morgan fingerprint density at radius 3 is 2.39 bits per heavy atom. The van der Waals surface area contributed by atoms with E-state index in [0.717, 1.165) is 43.4 Å². The Kier molecular flexibility index (Phi) is 7.05. The minimum Gasteiger partial charge on any atom is -0.495 e. The van der Waals surface area contributed by atoms with Gasteiger partial charge < -0.3 is 15.4 Å². The van der Waals surface area contributed by atoms with E-state index in [0.29, 0.717) is 33.1 Å². The summed E-state index contributed by atoms with van der Waals surface area (Å²) in [5, 5.41) is 6.65. The van der Waals surface area contributed by atoms with Crippen molar-refractivity contribution in [2.75, 3.05) is 17.7 Å². The molecule has 1 fully saturated rings. The quantitative estimate of drug-likeness (QED) is 0.420. The number of nitrogens with zero attached hydrogens (tertiary/aromatic N) is 2. The summed E-state index contributed by atoms with van der Waals surface area (Å²) in [4.78, 5) is 9.27. The maximum Gasteiger partial charge on any atom is 0.229 e. The molecule has 0 aliphatic heterocycles. The molecule has 7 nitrogen and oxygen atoms in total. The van der Waals surface area contributed by atoms with Crippen molar-refractivity contribution in [1.82, 2.24) is 9.97 Å². The number of methoxy groups -OCH3 is 1. The third-order valence-corrected chi connectivity index (χ3v) is 8.41. The van der Waals surface area contributed by atoms with Crippen LogP contribution < -0.4 is 15.4 Å². The Bertz CT molecular complexity index is 1230. The monoisotopic (exact) mass is 486 g/mol. The molecule has 33 heavy (non-hydrogen) atoms. The van der Waals surface area contributed by atoms with E-state index in [1.807, 2.05) is 13.0 Å². The lowest BCUT2D eigenvalue weighted by Gasteiger charge is -2.21. The van der Waals surface area contributed by atoms with Gasteiger partial charge in [0.05, 0.1) is 22.3 Å². The lowest BCUT2D eigenvalue weighted by atomic mass is 10.0. The van der Waals surface area contributed by atoms with Crippen molar-refractivity contribution in [2.24, 2.45) is 0 Å². The number of rotatable bonds is 7. The van der Waals surface area contributed by atoms with E-state index in [2.05, 4.69) is 20.6 Å². The molecule has 2 aromatic carbocycles. The number of aromatic nitrogens is 2. The fourth-order valence-electron chi connectivity index (χ4n) is 3.93. The first-order chi connectivity index (χ1) is 15.9. The van der Waals surface area contributed by atoms with E-state index in [1.54, 1.807) is 49.7 Å². The number of benzene rings is 2. The summed E-state index contributed by atoms with van der Waals surface area (Å²) in [7, 11) is -1.73. The van der Waals surface area contributed by atoms with E-state index in [9.17, 15) is 8.42 Å². The molecule has 4 rings (SSSR count). The Morgan fingerprint density at radius 2 is 1.70 bits per heavy atom. The predicted octanol–water partition coefficient (Wildman–Crippen LogP) is 6.04. The summed E-state index contributed by atoms with van der Waals surface area (Å²) in [5.74, 6) is 1.59. The summed E-state index contributed by atoms with van der Waals surface area (Å²) < 4.78 is 31.1. The first kappa shape index (κ1) is 23.3. The Labute approximate surface area is 199 Å². The number of hydrogen-bond acceptors (Lipinski definition) is 7. The topological polar surface area (TPSA) is 93.2 Å². The first-order valence-corrected chi connectivity index (χ1v) is 12.8. The highest BCUT2D eigenvalue weighted by Gasteiger charge is 2.28. The minimum atomic E-state index is -3.30. The third-order valence-electron chi connectivity index (χ3n) is 5.82. The second-order valence-electron chi connectivity index (χ2n) is 8.15. The van der Waals surface area contributed by atoms with Crippen LogP contribution in [0.3, 0.4) is 0 Å². The van der Waals surface area contributed by atoms with Crippen LogP contribution in [0.1, 0.15) is 37.7 Å². The summed E-state index contributed by atoms with van der Waals surface area (Å²) in [5.41, 5.74) is 2.35. The van der Waals surface area contributed by atoms with Crippen molar-refractivity contribution < 1.29 is 13.2 Å². The van der Waals surface area contributed by atoms with E-state index < -0.39 is 9.84 Å². The standard InChI is InChI=1S/C24H27ClN4O3S/c1-16-15-26-24(29-23(16)27-18-10-13-21(25)22(14-18)32-2)28-17-8-11-20(12-9-17)33(30,31)19-6-4-3-5-7-19/h8-15,19H,3-7H2,1-2H3,(H2,26,27,28,29). The Morgan fingerprint density at radius 1 is 1.00 bits per heavy atom. The van der Waals surface area contributed by atoms with Crippen molar-refractivity contribution in [2.45, 2.75) is 49.2 Å². The van der Waals surface area contributed by atoms with Crippen LogP contribution in [0, 0.1) is 6.92 Å². The van der Waals surface area contributed by atoms with Gasteiger partial charge in [-0.25, -0.2) is 13.4 Å². The lowest BCUT2D eigenvalue weighted by molar-refractivity contribution is 0.415. The highest BCUT2D eigenvalue weighted by atomic mass is 35.5. The second-order valence-corrected chi connectivity index (χ2v) is 10.8. The van der Waals surface area contributed by atoms with Crippen LogP contribution in [0.2, 0.25) is 5.02 Å². The molecule has 2 N–H and O–H groups in total. The summed E-state index contributed by atoms with van der Waals surface area (Å²) >= 11 is 6.10. The van der Waals surface area contributed by atoms with E-state index in [-0.39, 0.29) is 5.25 Å². The molecule has 1 aliphatic carbocycles. The van der Waals surface area contributed by atoms with Gasteiger partial charge in [-0.3, -0.25) is 0 Å². The van der Waals surface area contributed by atoms with Crippen LogP contribution in [0.25, 0.3) is 0 Å². The summed E-state index contributed by atoms with van der Waals surface area (Å²) in [6, 6.07) is 12.2. The van der Waals surface area contributed by atoms with E-state index in [4.69, 9.17) is 16.3 Å². The molecule has 3 aromatic rings. The van der Waals surface area contributed by atoms with Gasteiger partial charge in [0.25, 0.3) is 0 Å². The SMILES string of the molecule is COc1cc(Nc2nc(Nc3ccc(S(=O)(=O)C4CCCCC4)cc3)ncc2C)ccc1Cl. The highest BCUT2D eigenvalue weighted by molar-refractivity contribution is 7.92. The smallest absolute Gasteiger partial charge is 0.229 e. The first-order valence-electron chi connectivity index (χ1n) is 10.9. The number of sulfone groups is 1. The molecule has 0 bridgehead atoms. The predicted molar refractivity (Wildman–Crippen MR) is 132 cm³/mol. The largest absolute Gasteiger partial charge is 0.495 e. The number of anilines is 4. The van der Waals surface area contributed by atoms with Crippen LogP contribution >= 0.6 is 11.6 Å². The molecule has 0 radical (unpaired) electrons. The molecule has 174 valence electrons. The van der Waals surface area contributed by atoms with Crippen molar-refractivity contribution in [1.29, 1.82) is 0 Å². The number of halogens is 1. The zero-order valence-corrected chi connectivity index (χ0v) is 20.2. The molecule has 0 atom stereocenters. The van der Waals surface area contributed by atoms with Crippen LogP contribution in [0.5, 0.6) is 5.75 Å². The molecule has 0 unspecified atom stereocenters. The molecular formula is C24H27ClN4O3S. The molecule has 1 aromatic heterocycles. The van der Waals surface area contributed by atoms with Crippen LogP contribution in [-0.4, -0.2) is 30.7 Å². The molecule has 9 heteroatoms. The van der Waals surface area contributed by atoms with Crippen molar-refractivity contribution in [3.63, 3.8) is 0 Å². The van der Waals surface area contributed by atoms with E-state index >= 15 is 0 Å². The Hall–Kier alpha value is -2.84. The van der Waals surface area contributed by atoms with Gasteiger partial charge >= 0.3 is 0 Å². The number of nitrogens with one attached hydrogen (secondary N) is 2. The van der Waals surface area contributed by atoms with Crippen molar-refractivity contribution in [3.8, 4) is 5.75 Å². The molecule has 1 saturated carbocycles. The van der Waals surface area contributed by atoms with Crippen molar-refractivity contribution >= 4 is 44.6 Å². The average Bonchev–Trinajstić information content (AvgIpc) is 2.83. The fraction of sp³-hybridized carbons (Fsp3) is 0.333. The van der Waals surface area contributed by atoms with Crippen molar-refractivity contribution in [3.05, 3.63) is 59.2 Å². The normalized spacial score (nSPS) is 14.6. The van der Waals surface area contributed by atoms with Gasteiger partial charge in [-0.15, -0.1) is 0 Å². The van der Waals surface area contributed by atoms with E-state index in [1.165, 1.54) is 0 Å². The van der Waals surface area contributed by atoms with Gasteiger partial charge in [-0.2, -0.15) is 4.98 Å². The second kappa shape index (κ2) is 9.97. The minimum absolute atomic E-state index is 0.273. The molecule has 1 aliphatic rings. The fourth-order valence-corrected chi connectivity index (χ4v) is 5.98. The zero-order chi connectivity index (χ0) is 23.4. The number of ether oxygens (including phenoxy) is 1. The summed E-state index contributed by atoms with van der Waals surface area (Å²) in [6.07, 6.45) is 6.28. The Balaban J connectivity index is 1.49. The number of aryl methyl sites for hydroxylation is 1. The van der Waals surface area contributed by atoms with Gasteiger partial charge in [-0.1, -0.05) is 30.9 Å². The molecular weight excluding hydrogens is 460 g/mol.